The number of anilines is 1. The fraction of sp³-hybridized carbons (Fsp3) is 0.462. The van der Waals surface area contributed by atoms with Crippen LogP contribution in [0.4, 0.5) is 5.69 Å². The van der Waals surface area contributed by atoms with E-state index in [-0.39, 0.29) is 5.56 Å². The lowest BCUT2D eigenvalue weighted by Crippen LogP contribution is -2.26. The first kappa shape index (κ1) is 13.8. The van der Waals surface area contributed by atoms with E-state index < -0.39 is 5.97 Å². The topological polar surface area (TPSA) is 40.5 Å². The summed E-state index contributed by atoms with van der Waals surface area (Å²) < 4.78 is 0. The Bertz CT molecular complexity index is 393. The van der Waals surface area contributed by atoms with Crippen LogP contribution in [0, 0.1) is 0 Å². The second-order valence-electron chi connectivity index (χ2n) is 3.87. The molecule has 1 aromatic carbocycles. The molecule has 4 heteroatoms. The summed E-state index contributed by atoms with van der Waals surface area (Å²) in [5, 5.41) is 9.68. The lowest BCUT2D eigenvalue weighted by atomic mass is 10.1. The van der Waals surface area contributed by atoms with Gasteiger partial charge in [0.25, 0.3) is 0 Å². The van der Waals surface area contributed by atoms with E-state index in [1.807, 2.05) is 11.8 Å². The number of hydrogen-bond donors (Lipinski definition) is 1. The summed E-state index contributed by atoms with van der Waals surface area (Å²) in [5.41, 5.74) is 0.910. The third kappa shape index (κ3) is 3.37. The van der Waals surface area contributed by atoms with Crippen molar-refractivity contribution in [1.82, 2.24) is 0 Å². The summed E-state index contributed by atoms with van der Waals surface area (Å²) in [6, 6.07) is 5.00. The van der Waals surface area contributed by atoms with Gasteiger partial charge < -0.3 is 10.0 Å². The third-order valence-corrected chi connectivity index (χ3v) is 3.00. The van der Waals surface area contributed by atoms with Crippen molar-refractivity contribution in [3.63, 3.8) is 0 Å². The van der Waals surface area contributed by atoms with Crippen molar-refractivity contribution in [2.24, 2.45) is 0 Å². The van der Waals surface area contributed by atoms with Gasteiger partial charge in [0.05, 0.1) is 16.3 Å². The summed E-state index contributed by atoms with van der Waals surface area (Å²) in [6.45, 7) is 5.70. The Morgan fingerprint density at radius 2 is 2.12 bits per heavy atom. The Morgan fingerprint density at radius 1 is 1.41 bits per heavy atom. The molecule has 0 aliphatic heterocycles. The molecule has 0 aromatic heterocycles. The van der Waals surface area contributed by atoms with Crippen molar-refractivity contribution in [3.8, 4) is 0 Å². The van der Waals surface area contributed by atoms with Gasteiger partial charge in [-0.15, -0.1) is 0 Å². The second kappa shape index (κ2) is 6.50. The van der Waals surface area contributed by atoms with Crippen molar-refractivity contribution in [3.05, 3.63) is 28.8 Å². The Labute approximate surface area is 107 Å². The number of carboxylic acids is 1. The number of carbonyl (C=O) groups is 1. The molecule has 1 rings (SSSR count). The van der Waals surface area contributed by atoms with Crippen LogP contribution in [0.1, 0.15) is 37.0 Å². The Hall–Kier alpha value is -1.22. The van der Waals surface area contributed by atoms with Gasteiger partial charge in [-0.25, -0.2) is 4.79 Å². The zero-order valence-corrected chi connectivity index (χ0v) is 11.0. The molecular formula is C13H18ClNO2. The molecule has 0 heterocycles. The van der Waals surface area contributed by atoms with Crippen molar-refractivity contribution in [2.75, 3.05) is 18.0 Å². The number of halogens is 1. The van der Waals surface area contributed by atoms with Gasteiger partial charge in [-0.1, -0.05) is 31.0 Å². The second-order valence-corrected chi connectivity index (χ2v) is 4.28. The normalized spacial score (nSPS) is 10.3. The Morgan fingerprint density at radius 3 is 2.65 bits per heavy atom. The molecule has 0 bridgehead atoms. The lowest BCUT2D eigenvalue weighted by Gasteiger charge is -2.25. The monoisotopic (exact) mass is 255 g/mol. The minimum Gasteiger partial charge on any atom is -0.478 e. The Kier molecular flexibility index (Phi) is 5.29. The van der Waals surface area contributed by atoms with Crippen LogP contribution in [0.25, 0.3) is 0 Å². The van der Waals surface area contributed by atoms with E-state index >= 15 is 0 Å². The van der Waals surface area contributed by atoms with E-state index in [2.05, 4.69) is 6.92 Å². The number of rotatable bonds is 6. The summed E-state index contributed by atoms with van der Waals surface area (Å²) in [7, 11) is 0. The molecular weight excluding hydrogens is 238 g/mol. The van der Waals surface area contributed by atoms with Crippen LogP contribution in [0.5, 0.6) is 0 Å². The van der Waals surface area contributed by atoms with E-state index in [0.29, 0.717) is 10.7 Å². The van der Waals surface area contributed by atoms with Gasteiger partial charge in [0.1, 0.15) is 0 Å². The summed E-state index contributed by atoms with van der Waals surface area (Å²) in [6.07, 6.45) is 2.10. The van der Waals surface area contributed by atoms with Crippen LogP contribution in [0.2, 0.25) is 5.02 Å². The van der Waals surface area contributed by atoms with Crippen LogP contribution in [0.3, 0.4) is 0 Å². The van der Waals surface area contributed by atoms with Crippen LogP contribution in [-0.2, 0) is 0 Å². The molecule has 0 saturated heterocycles. The summed E-state index contributed by atoms with van der Waals surface area (Å²) >= 11 is 6.12. The van der Waals surface area contributed by atoms with E-state index in [9.17, 15) is 9.90 Å². The molecule has 1 aromatic rings. The van der Waals surface area contributed by atoms with Crippen molar-refractivity contribution < 1.29 is 9.90 Å². The van der Waals surface area contributed by atoms with E-state index in [4.69, 9.17) is 11.6 Å². The first-order valence-electron chi connectivity index (χ1n) is 5.88. The smallest absolute Gasteiger partial charge is 0.337 e. The number of aromatic carboxylic acids is 1. The molecule has 0 spiro atoms. The molecule has 17 heavy (non-hydrogen) atoms. The van der Waals surface area contributed by atoms with Gasteiger partial charge in [0, 0.05) is 13.1 Å². The standard InChI is InChI=1S/C13H18ClNO2/c1-3-5-9-15(4-2)12-10(13(16)17)7-6-8-11(12)14/h6-8H,3-5,9H2,1-2H3,(H,16,17). The number of unbranched alkanes of at least 4 members (excludes halogenated alkanes) is 1. The zero-order valence-electron chi connectivity index (χ0n) is 10.2. The van der Waals surface area contributed by atoms with Crippen molar-refractivity contribution in [2.45, 2.75) is 26.7 Å². The number of hydrogen-bond acceptors (Lipinski definition) is 2. The molecule has 0 atom stereocenters. The maximum atomic E-state index is 11.2. The largest absolute Gasteiger partial charge is 0.478 e. The fourth-order valence-electron chi connectivity index (χ4n) is 1.79. The maximum Gasteiger partial charge on any atom is 0.337 e. The molecule has 0 saturated carbocycles. The first-order chi connectivity index (χ1) is 8.11. The fourth-order valence-corrected chi connectivity index (χ4v) is 2.08. The van der Waals surface area contributed by atoms with Gasteiger partial charge in [-0.2, -0.15) is 0 Å². The molecule has 0 aliphatic rings. The highest BCUT2D eigenvalue weighted by Crippen LogP contribution is 2.30. The highest BCUT2D eigenvalue weighted by atomic mass is 35.5. The number of nitrogens with zero attached hydrogens (tertiary/aromatic N) is 1. The summed E-state index contributed by atoms with van der Waals surface area (Å²) in [5.74, 6) is -0.933. The van der Waals surface area contributed by atoms with E-state index in [1.165, 1.54) is 0 Å². The highest BCUT2D eigenvalue weighted by molar-refractivity contribution is 6.34. The van der Waals surface area contributed by atoms with Crippen LogP contribution >= 0.6 is 11.6 Å². The SMILES string of the molecule is CCCCN(CC)c1c(Cl)cccc1C(=O)O. The predicted octanol–water partition coefficient (Wildman–Crippen LogP) is 3.66. The molecule has 94 valence electrons. The number of carboxylic acid groups (broad SMARTS) is 1. The molecule has 0 radical (unpaired) electrons. The van der Waals surface area contributed by atoms with Gasteiger partial charge in [-0.05, 0) is 25.5 Å². The molecule has 3 nitrogen and oxygen atoms in total. The van der Waals surface area contributed by atoms with Gasteiger partial charge in [0.2, 0.25) is 0 Å². The number of benzene rings is 1. The molecule has 0 unspecified atom stereocenters. The molecule has 0 fully saturated rings. The van der Waals surface area contributed by atoms with Crippen LogP contribution in [0.15, 0.2) is 18.2 Å². The van der Waals surface area contributed by atoms with Crippen molar-refractivity contribution >= 4 is 23.3 Å². The van der Waals surface area contributed by atoms with Crippen LogP contribution < -0.4 is 4.90 Å². The highest BCUT2D eigenvalue weighted by Gasteiger charge is 2.17. The van der Waals surface area contributed by atoms with E-state index in [1.54, 1.807) is 18.2 Å². The third-order valence-electron chi connectivity index (χ3n) is 2.70. The maximum absolute atomic E-state index is 11.2. The first-order valence-corrected chi connectivity index (χ1v) is 6.26. The number of para-hydroxylation sites is 1. The molecule has 0 amide bonds. The minimum absolute atomic E-state index is 0.274. The quantitative estimate of drug-likeness (QED) is 0.843. The predicted molar refractivity (Wildman–Crippen MR) is 71.2 cm³/mol. The summed E-state index contributed by atoms with van der Waals surface area (Å²) in [4.78, 5) is 13.2. The van der Waals surface area contributed by atoms with Gasteiger partial charge in [0.15, 0.2) is 0 Å². The Balaban J connectivity index is 3.11. The van der Waals surface area contributed by atoms with Gasteiger partial charge in [-0.3, -0.25) is 0 Å². The van der Waals surface area contributed by atoms with Crippen LogP contribution in [-0.4, -0.2) is 24.2 Å². The van der Waals surface area contributed by atoms with Crippen molar-refractivity contribution in [1.29, 1.82) is 0 Å². The molecule has 1 N–H and O–H groups in total. The average molecular weight is 256 g/mol. The van der Waals surface area contributed by atoms with Gasteiger partial charge >= 0.3 is 5.97 Å². The minimum atomic E-state index is -0.933. The molecule has 0 aliphatic carbocycles. The van der Waals surface area contributed by atoms with E-state index in [0.717, 1.165) is 25.9 Å². The zero-order chi connectivity index (χ0) is 12.8. The lowest BCUT2D eigenvalue weighted by molar-refractivity contribution is 0.0697. The average Bonchev–Trinajstić information content (AvgIpc) is 2.31.